The van der Waals surface area contributed by atoms with Gasteiger partial charge in [0.15, 0.2) is 0 Å². The lowest BCUT2D eigenvalue weighted by atomic mass is 9.82. The van der Waals surface area contributed by atoms with Crippen LogP contribution in [0.1, 0.15) is 24.5 Å². The lowest BCUT2D eigenvalue weighted by Crippen LogP contribution is -2.53. The highest BCUT2D eigenvalue weighted by atomic mass is 16.5. The van der Waals surface area contributed by atoms with Gasteiger partial charge in [0.2, 0.25) is 5.91 Å². The average molecular weight is 233 g/mol. The van der Waals surface area contributed by atoms with E-state index in [1.807, 2.05) is 19.1 Å². The molecule has 1 aromatic carbocycles. The first-order valence-corrected chi connectivity index (χ1v) is 6.08. The first-order valence-electron chi connectivity index (χ1n) is 6.08. The molecular formula is C14H19NO2. The van der Waals surface area contributed by atoms with E-state index in [4.69, 9.17) is 4.74 Å². The second-order valence-corrected chi connectivity index (χ2v) is 4.79. The van der Waals surface area contributed by atoms with Crippen molar-refractivity contribution in [2.75, 3.05) is 13.2 Å². The Kier molecular flexibility index (Phi) is 3.48. The van der Waals surface area contributed by atoms with Gasteiger partial charge in [-0.3, -0.25) is 4.79 Å². The maximum atomic E-state index is 12.0. The SMILES string of the molecule is CCC1(C(=O)NCc2ccc(C)cc2)COC1. The summed E-state index contributed by atoms with van der Waals surface area (Å²) >= 11 is 0. The Labute approximate surface area is 102 Å². The minimum absolute atomic E-state index is 0.117. The Morgan fingerprint density at radius 2 is 2.00 bits per heavy atom. The van der Waals surface area contributed by atoms with Gasteiger partial charge in [-0.2, -0.15) is 0 Å². The van der Waals surface area contributed by atoms with E-state index >= 15 is 0 Å². The first-order chi connectivity index (χ1) is 8.16. The molecule has 0 atom stereocenters. The summed E-state index contributed by atoms with van der Waals surface area (Å²) < 4.78 is 5.16. The molecule has 2 rings (SSSR count). The second-order valence-electron chi connectivity index (χ2n) is 4.79. The zero-order valence-corrected chi connectivity index (χ0v) is 10.5. The Balaban J connectivity index is 1.90. The Hall–Kier alpha value is -1.35. The minimum Gasteiger partial charge on any atom is -0.379 e. The van der Waals surface area contributed by atoms with Crippen LogP contribution in [0.25, 0.3) is 0 Å². The van der Waals surface area contributed by atoms with E-state index in [1.54, 1.807) is 0 Å². The number of aryl methyl sites for hydroxylation is 1. The molecule has 1 fully saturated rings. The van der Waals surface area contributed by atoms with Crippen LogP contribution in [0.5, 0.6) is 0 Å². The summed E-state index contributed by atoms with van der Waals surface area (Å²) in [6.07, 6.45) is 0.840. The van der Waals surface area contributed by atoms with Crippen molar-refractivity contribution in [1.82, 2.24) is 5.32 Å². The monoisotopic (exact) mass is 233 g/mol. The minimum atomic E-state index is -0.273. The fraction of sp³-hybridized carbons (Fsp3) is 0.500. The molecule has 3 heteroatoms. The highest BCUT2D eigenvalue weighted by Crippen LogP contribution is 2.31. The zero-order valence-electron chi connectivity index (χ0n) is 10.5. The molecule has 1 aliphatic rings. The van der Waals surface area contributed by atoms with Crippen molar-refractivity contribution in [3.05, 3.63) is 35.4 Å². The summed E-state index contributed by atoms with van der Waals surface area (Å²) in [6, 6.07) is 8.21. The lowest BCUT2D eigenvalue weighted by Gasteiger charge is -2.39. The smallest absolute Gasteiger partial charge is 0.231 e. The molecule has 0 aliphatic carbocycles. The molecule has 1 heterocycles. The van der Waals surface area contributed by atoms with E-state index < -0.39 is 0 Å². The van der Waals surface area contributed by atoms with Crippen LogP contribution in [0.15, 0.2) is 24.3 Å². The van der Waals surface area contributed by atoms with Gasteiger partial charge < -0.3 is 10.1 Å². The number of benzene rings is 1. The molecular weight excluding hydrogens is 214 g/mol. The van der Waals surface area contributed by atoms with E-state index in [0.717, 1.165) is 12.0 Å². The van der Waals surface area contributed by atoms with Crippen molar-refractivity contribution >= 4 is 5.91 Å². The number of carbonyl (C=O) groups excluding carboxylic acids is 1. The van der Waals surface area contributed by atoms with Gasteiger partial charge in [-0.05, 0) is 18.9 Å². The lowest BCUT2D eigenvalue weighted by molar-refractivity contribution is -0.162. The predicted molar refractivity (Wildman–Crippen MR) is 66.6 cm³/mol. The molecule has 0 radical (unpaired) electrons. The molecule has 1 saturated heterocycles. The maximum Gasteiger partial charge on any atom is 0.231 e. The van der Waals surface area contributed by atoms with Gasteiger partial charge in [-0.1, -0.05) is 36.8 Å². The van der Waals surface area contributed by atoms with E-state index in [1.165, 1.54) is 5.56 Å². The van der Waals surface area contributed by atoms with Crippen LogP contribution in [0.4, 0.5) is 0 Å². The average Bonchev–Trinajstić information content (AvgIpc) is 2.27. The summed E-state index contributed by atoms with van der Waals surface area (Å²) in [4.78, 5) is 12.0. The number of ether oxygens (including phenoxy) is 1. The molecule has 1 aliphatic heterocycles. The highest BCUT2D eigenvalue weighted by Gasteiger charge is 2.43. The van der Waals surface area contributed by atoms with Crippen molar-refractivity contribution in [3.8, 4) is 0 Å². The van der Waals surface area contributed by atoms with Gasteiger partial charge in [-0.25, -0.2) is 0 Å². The van der Waals surface area contributed by atoms with E-state index in [9.17, 15) is 4.79 Å². The van der Waals surface area contributed by atoms with E-state index in [-0.39, 0.29) is 11.3 Å². The van der Waals surface area contributed by atoms with Crippen LogP contribution in [0.2, 0.25) is 0 Å². The third-order valence-electron chi connectivity index (χ3n) is 3.49. The van der Waals surface area contributed by atoms with Crippen LogP contribution in [-0.4, -0.2) is 19.1 Å². The molecule has 17 heavy (non-hydrogen) atoms. The summed E-state index contributed by atoms with van der Waals surface area (Å²) in [5.41, 5.74) is 2.10. The predicted octanol–water partition coefficient (Wildman–Crippen LogP) is 2.04. The number of hydrogen-bond donors (Lipinski definition) is 1. The highest BCUT2D eigenvalue weighted by molar-refractivity contribution is 5.83. The molecule has 1 aromatic rings. The van der Waals surface area contributed by atoms with Gasteiger partial charge >= 0.3 is 0 Å². The van der Waals surface area contributed by atoms with Crippen molar-refractivity contribution in [1.29, 1.82) is 0 Å². The third kappa shape index (κ3) is 2.50. The Morgan fingerprint density at radius 3 is 2.47 bits per heavy atom. The Bertz CT molecular complexity index is 388. The summed E-state index contributed by atoms with van der Waals surface area (Å²) in [7, 11) is 0. The fourth-order valence-corrected chi connectivity index (χ4v) is 1.92. The summed E-state index contributed by atoms with van der Waals surface area (Å²) in [5.74, 6) is 0.117. The second kappa shape index (κ2) is 4.88. The standard InChI is InChI=1S/C14H19NO2/c1-3-14(9-17-10-14)13(16)15-8-12-6-4-11(2)5-7-12/h4-7H,3,8-10H2,1-2H3,(H,15,16). The van der Waals surface area contributed by atoms with Crippen LogP contribution in [-0.2, 0) is 16.1 Å². The van der Waals surface area contributed by atoms with Gasteiger partial charge in [0.25, 0.3) is 0 Å². The first kappa shape index (κ1) is 12.1. The van der Waals surface area contributed by atoms with Crippen molar-refractivity contribution in [2.24, 2.45) is 5.41 Å². The summed E-state index contributed by atoms with van der Waals surface area (Å²) in [6.45, 7) is 5.81. The molecule has 3 nitrogen and oxygen atoms in total. The van der Waals surface area contributed by atoms with Crippen molar-refractivity contribution in [2.45, 2.75) is 26.8 Å². The fourth-order valence-electron chi connectivity index (χ4n) is 1.92. The zero-order chi connectivity index (χ0) is 12.3. The van der Waals surface area contributed by atoms with E-state index in [2.05, 4.69) is 24.4 Å². The molecule has 1 N–H and O–H groups in total. The molecule has 0 bridgehead atoms. The van der Waals surface area contributed by atoms with Gasteiger partial charge in [0.1, 0.15) is 0 Å². The molecule has 0 aromatic heterocycles. The van der Waals surface area contributed by atoms with Crippen LogP contribution >= 0.6 is 0 Å². The number of hydrogen-bond acceptors (Lipinski definition) is 2. The number of carbonyl (C=O) groups is 1. The molecule has 0 spiro atoms. The normalized spacial score (nSPS) is 17.3. The van der Waals surface area contributed by atoms with Gasteiger partial charge in [0.05, 0.1) is 18.6 Å². The van der Waals surface area contributed by atoms with E-state index in [0.29, 0.717) is 19.8 Å². The van der Waals surface area contributed by atoms with Crippen LogP contribution < -0.4 is 5.32 Å². The van der Waals surface area contributed by atoms with Crippen molar-refractivity contribution in [3.63, 3.8) is 0 Å². The van der Waals surface area contributed by atoms with Crippen LogP contribution in [0.3, 0.4) is 0 Å². The number of rotatable bonds is 4. The molecule has 0 saturated carbocycles. The van der Waals surface area contributed by atoms with Gasteiger partial charge in [-0.15, -0.1) is 0 Å². The summed E-state index contributed by atoms with van der Waals surface area (Å²) in [5, 5.41) is 2.99. The van der Waals surface area contributed by atoms with Crippen LogP contribution in [0, 0.1) is 12.3 Å². The molecule has 0 unspecified atom stereocenters. The number of amides is 1. The quantitative estimate of drug-likeness (QED) is 0.864. The molecule has 92 valence electrons. The van der Waals surface area contributed by atoms with Gasteiger partial charge in [0, 0.05) is 6.54 Å². The topological polar surface area (TPSA) is 38.3 Å². The largest absolute Gasteiger partial charge is 0.379 e. The number of nitrogens with one attached hydrogen (secondary N) is 1. The van der Waals surface area contributed by atoms with Crippen molar-refractivity contribution < 1.29 is 9.53 Å². The maximum absolute atomic E-state index is 12.0. The Morgan fingerprint density at radius 1 is 1.35 bits per heavy atom. The third-order valence-corrected chi connectivity index (χ3v) is 3.49. The molecule has 1 amide bonds.